The van der Waals surface area contributed by atoms with Gasteiger partial charge in [0, 0.05) is 45.4 Å². The molecule has 0 aliphatic heterocycles. The maximum absolute atomic E-state index is 13.2. The Morgan fingerprint density at radius 2 is 0.914 bits per heavy atom. The van der Waals surface area contributed by atoms with E-state index in [0.29, 0.717) is 58.3 Å². The first-order valence-corrected chi connectivity index (χ1v) is 19.4. The van der Waals surface area contributed by atoms with E-state index in [1.165, 1.54) is 44.9 Å². The van der Waals surface area contributed by atoms with E-state index in [1.54, 1.807) is 0 Å². The van der Waals surface area contributed by atoms with Crippen molar-refractivity contribution in [2.24, 2.45) is 0 Å². The van der Waals surface area contributed by atoms with Crippen LogP contribution in [0.1, 0.15) is 95.1 Å². The summed E-state index contributed by atoms with van der Waals surface area (Å²) in [5.74, 6) is -5.99. The number of halogens is 6. The Morgan fingerprint density at radius 1 is 0.586 bits per heavy atom. The van der Waals surface area contributed by atoms with E-state index in [1.807, 2.05) is 65.6 Å². The molecular weight excluding hydrogens is 776 g/mol. The number of quaternary nitrogens is 2. The summed E-state index contributed by atoms with van der Waals surface area (Å²) in [6.45, 7) is 4.40. The van der Waals surface area contributed by atoms with Crippen LogP contribution < -0.4 is 32.3 Å². The fourth-order valence-electron chi connectivity index (χ4n) is 5.34. The number of unbranched alkanes of at least 4 members (excludes halogenated alkanes) is 8. The quantitative estimate of drug-likeness (QED) is 0.0912. The van der Waals surface area contributed by atoms with Gasteiger partial charge in [-0.05, 0) is 30.4 Å². The Balaban J connectivity index is 0.00000197. The molecule has 2 atom stereocenters. The van der Waals surface area contributed by atoms with Crippen LogP contribution in [-0.2, 0) is 36.8 Å². The zero-order valence-corrected chi connectivity index (χ0v) is 33.1. The number of amides is 3. The van der Waals surface area contributed by atoms with Gasteiger partial charge in [0.25, 0.3) is 11.8 Å². The van der Waals surface area contributed by atoms with Crippen molar-refractivity contribution >= 4 is 29.7 Å². The summed E-state index contributed by atoms with van der Waals surface area (Å²) < 4.78 is 63.1. The lowest BCUT2D eigenvalue weighted by molar-refractivity contribution is -0.403. The van der Waals surface area contributed by atoms with Gasteiger partial charge in [-0.1, -0.05) is 119 Å². The van der Waals surface area contributed by atoms with Crippen molar-refractivity contribution in [3.8, 4) is 0 Å². The molecule has 0 aliphatic carbocycles. The first-order valence-electron chi connectivity index (χ1n) is 19.4. The maximum atomic E-state index is 13.2. The molecule has 58 heavy (non-hydrogen) atoms. The summed E-state index contributed by atoms with van der Waals surface area (Å²) in [5.41, 5.74) is 10.2. The highest BCUT2D eigenvalue weighted by molar-refractivity contribution is 5.81. The highest BCUT2D eigenvalue weighted by atomic mass is 19.4. The molecule has 2 aromatic rings. The summed E-state index contributed by atoms with van der Waals surface area (Å²) in [5, 5.41) is 23.6. The van der Waals surface area contributed by atoms with Gasteiger partial charge >= 0.3 is 12.4 Å². The van der Waals surface area contributed by atoms with Gasteiger partial charge in [-0.3, -0.25) is 14.4 Å². The average Bonchev–Trinajstić information content (AvgIpc) is 3.16. The molecule has 328 valence electrons. The minimum absolute atomic E-state index is 0.0673. The number of rotatable bonds is 24. The predicted molar refractivity (Wildman–Crippen MR) is 199 cm³/mol. The summed E-state index contributed by atoms with van der Waals surface area (Å²) in [6, 6.07) is 19.1. The van der Waals surface area contributed by atoms with Gasteiger partial charge in [0.1, 0.15) is 11.9 Å². The van der Waals surface area contributed by atoms with Gasteiger partial charge in [-0.15, -0.1) is 0 Å². The third kappa shape index (κ3) is 27.8. The molecule has 2 rings (SSSR count). The Kier molecular flexibility index (Phi) is 27.9. The molecular formula is C40H59F6N5O7. The van der Waals surface area contributed by atoms with Crippen LogP contribution in [0.2, 0.25) is 0 Å². The molecule has 0 aromatic heterocycles. The third-order valence-corrected chi connectivity index (χ3v) is 8.51. The summed E-state index contributed by atoms with van der Waals surface area (Å²) in [4.78, 5) is 57.8. The van der Waals surface area contributed by atoms with Crippen molar-refractivity contribution in [3.05, 3.63) is 71.8 Å². The second kappa shape index (κ2) is 30.4. The lowest BCUT2D eigenvalue weighted by Gasteiger charge is -2.23. The van der Waals surface area contributed by atoms with Crippen LogP contribution in [0.5, 0.6) is 0 Å². The molecule has 0 radical (unpaired) electrons. The van der Waals surface area contributed by atoms with Crippen molar-refractivity contribution in [2.75, 3.05) is 26.2 Å². The molecule has 3 amide bonds. The van der Waals surface area contributed by atoms with Crippen LogP contribution in [0.15, 0.2) is 60.7 Å². The lowest BCUT2D eigenvalue weighted by Crippen LogP contribution is -2.68. The van der Waals surface area contributed by atoms with Gasteiger partial charge in [-0.2, -0.15) is 26.3 Å². The molecule has 0 heterocycles. The molecule has 0 aliphatic rings. The number of carboxylic acids is 2. The standard InChI is InChI=1S/C36H57N5O3.2C2HF3O2/c1-2-3-4-5-6-7-8-9-16-23-34(42)41(26-17-24-39-35(43)32(37)28-30-19-12-10-13-20-30)27-18-25-40-36(44)33(38)29-31-21-14-11-15-22-31;2*3-2(4,5)1(6)7/h10-15,19-22,32-33H,2-9,16-18,23-29,37-38H2,1H3,(H,39,43)(H,40,44);2*(H,6,7)/t32-,33-;;/m1../s1. The Morgan fingerprint density at radius 3 is 1.24 bits per heavy atom. The van der Waals surface area contributed by atoms with Crippen LogP contribution in [0.25, 0.3) is 0 Å². The molecule has 8 N–H and O–H groups in total. The number of hydrogen-bond acceptors (Lipinski definition) is 7. The normalized spacial score (nSPS) is 12.1. The molecule has 0 bridgehead atoms. The number of carbonyl (C=O) groups is 5. The van der Waals surface area contributed by atoms with Crippen molar-refractivity contribution in [2.45, 2.75) is 121 Å². The summed E-state index contributed by atoms with van der Waals surface area (Å²) >= 11 is 0. The molecule has 0 unspecified atom stereocenters. The Labute approximate surface area is 336 Å². The smallest absolute Gasteiger partial charge is 0.430 e. The molecule has 18 heteroatoms. The number of carboxylic acid groups (broad SMARTS) is 2. The number of nitrogens with one attached hydrogen (secondary N) is 2. The maximum Gasteiger partial charge on any atom is 0.430 e. The van der Waals surface area contributed by atoms with Crippen LogP contribution >= 0.6 is 0 Å². The van der Waals surface area contributed by atoms with Crippen LogP contribution in [0, 0.1) is 0 Å². The zero-order valence-electron chi connectivity index (χ0n) is 33.1. The van der Waals surface area contributed by atoms with Crippen molar-refractivity contribution in [1.82, 2.24) is 15.5 Å². The number of nitrogens with zero attached hydrogens (tertiary/aromatic N) is 1. The second-order valence-corrected chi connectivity index (χ2v) is 13.6. The number of carbonyl (C=O) groups excluding carboxylic acids is 5. The highest BCUT2D eigenvalue weighted by Crippen LogP contribution is 2.13. The number of hydrogen-bond donors (Lipinski definition) is 4. The minimum Gasteiger partial charge on any atom is -0.542 e. The minimum atomic E-state index is -5.19. The van der Waals surface area contributed by atoms with Gasteiger partial charge in [0.05, 0.1) is 0 Å². The largest absolute Gasteiger partial charge is 0.542 e. The van der Waals surface area contributed by atoms with E-state index in [9.17, 15) is 40.7 Å². The highest BCUT2D eigenvalue weighted by Gasteiger charge is 2.29. The SMILES string of the molecule is CCCCCCCCCCCC(=O)N(CCCNC(=O)[C@H]([NH3+])Cc1ccccc1)CCCNC(=O)[C@H]([NH3+])Cc1ccccc1.O=C([O-])C(F)(F)F.O=C([O-])C(F)(F)F. The number of alkyl halides is 6. The summed E-state index contributed by atoms with van der Waals surface area (Å²) in [6.07, 6.45) is 3.65. The van der Waals surface area contributed by atoms with Gasteiger partial charge < -0.3 is 46.8 Å². The van der Waals surface area contributed by atoms with E-state index in [-0.39, 0.29) is 29.8 Å². The first kappa shape index (κ1) is 53.3. The average molecular weight is 836 g/mol. The fourth-order valence-corrected chi connectivity index (χ4v) is 5.34. The zero-order chi connectivity index (χ0) is 44.0. The molecule has 0 saturated carbocycles. The van der Waals surface area contributed by atoms with E-state index in [4.69, 9.17) is 19.8 Å². The van der Waals surface area contributed by atoms with E-state index < -0.39 is 24.3 Å². The van der Waals surface area contributed by atoms with Crippen molar-refractivity contribution < 1.29 is 72.0 Å². The van der Waals surface area contributed by atoms with Gasteiger partial charge in [-0.25, -0.2) is 0 Å². The predicted octanol–water partition coefficient (Wildman–Crippen LogP) is 2.05. The Hall–Kier alpha value is -4.71. The lowest BCUT2D eigenvalue weighted by atomic mass is 10.1. The van der Waals surface area contributed by atoms with E-state index >= 15 is 0 Å². The first-order chi connectivity index (χ1) is 27.3. The molecule has 0 spiro atoms. The monoisotopic (exact) mass is 835 g/mol. The van der Waals surface area contributed by atoms with E-state index in [0.717, 1.165) is 24.0 Å². The number of aliphatic carboxylic acids is 2. The van der Waals surface area contributed by atoms with Crippen molar-refractivity contribution in [1.29, 1.82) is 0 Å². The summed E-state index contributed by atoms with van der Waals surface area (Å²) in [7, 11) is 0. The molecule has 2 aromatic carbocycles. The molecule has 0 fully saturated rings. The third-order valence-electron chi connectivity index (χ3n) is 8.51. The van der Waals surface area contributed by atoms with Crippen molar-refractivity contribution in [3.63, 3.8) is 0 Å². The molecule has 12 nitrogen and oxygen atoms in total. The fraction of sp³-hybridized carbons (Fsp3) is 0.575. The van der Waals surface area contributed by atoms with Gasteiger partial charge in [0.15, 0.2) is 12.1 Å². The van der Waals surface area contributed by atoms with E-state index in [2.05, 4.69) is 29.0 Å². The van der Waals surface area contributed by atoms with Gasteiger partial charge in [0.2, 0.25) is 5.91 Å². The molecule has 0 saturated heterocycles. The topological polar surface area (TPSA) is 214 Å². The Bertz CT molecular complexity index is 1360. The van der Waals surface area contributed by atoms with Crippen LogP contribution in [0.3, 0.4) is 0 Å². The second-order valence-electron chi connectivity index (χ2n) is 13.6. The van der Waals surface area contributed by atoms with Crippen LogP contribution in [-0.4, -0.2) is 85.2 Å². The number of benzene rings is 2. The van der Waals surface area contributed by atoms with Crippen LogP contribution in [0.4, 0.5) is 26.3 Å².